The molecule has 7 nitrogen and oxygen atoms in total. The Hall–Kier alpha value is -2.74. The third-order valence-corrected chi connectivity index (χ3v) is 5.84. The summed E-state index contributed by atoms with van der Waals surface area (Å²) in [5.74, 6) is 1.89. The number of ether oxygens (including phenoxy) is 2. The molecule has 1 aromatic carbocycles. The Morgan fingerprint density at radius 3 is 2.72 bits per heavy atom. The molecule has 0 saturated carbocycles. The van der Waals surface area contributed by atoms with Gasteiger partial charge in [-0.25, -0.2) is 9.48 Å². The van der Waals surface area contributed by atoms with Gasteiger partial charge in [0.1, 0.15) is 18.4 Å². The molecular formula is C24H32N4O3S. The van der Waals surface area contributed by atoms with Gasteiger partial charge >= 0.3 is 5.97 Å². The zero-order valence-electron chi connectivity index (χ0n) is 19.1. The summed E-state index contributed by atoms with van der Waals surface area (Å²) in [6.07, 6.45) is 6.22. The van der Waals surface area contributed by atoms with Crippen LogP contribution in [-0.4, -0.2) is 39.7 Å². The lowest BCUT2D eigenvalue weighted by Gasteiger charge is -2.28. The highest BCUT2D eigenvalue weighted by molar-refractivity contribution is 7.99. The van der Waals surface area contributed by atoms with Gasteiger partial charge in [0, 0.05) is 5.70 Å². The van der Waals surface area contributed by atoms with Gasteiger partial charge in [0.25, 0.3) is 0 Å². The van der Waals surface area contributed by atoms with Gasteiger partial charge in [-0.3, -0.25) is 0 Å². The van der Waals surface area contributed by atoms with Gasteiger partial charge in [0.2, 0.25) is 11.1 Å². The van der Waals surface area contributed by atoms with E-state index in [2.05, 4.69) is 35.8 Å². The minimum Gasteiger partial charge on any atom is -0.494 e. The zero-order chi connectivity index (χ0) is 22.9. The summed E-state index contributed by atoms with van der Waals surface area (Å²) in [4.78, 5) is 17.5. The van der Waals surface area contributed by atoms with Crippen molar-refractivity contribution in [1.29, 1.82) is 0 Å². The van der Waals surface area contributed by atoms with Crippen molar-refractivity contribution in [3.05, 3.63) is 53.8 Å². The van der Waals surface area contributed by atoms with E-state index in [0.29, 0.717) is 29.0 Å². The van der Waals surface area contributed by atoms with Gasteiger partial charge in [0.05, 0.1) is 12.2 Å². The van der Waals surface area contributed by atoms with Crippen LogP contribution in [0.1, 0.15) is 58.1 Å². The Bertz CT molecular complexity index is 953. The van der Waals surface area contributed by atoms with Crippen molar-refractivity contribution in [3.63, 3.8) is 0 Å². The molecule has 1 aliphatic heterocycles. The number of nitrogens with zero attached hydrogens (tertiary/aromatic N) is 3. The molecule has 1 aliphatic rings. The summed E-state index contributed by atoms with van der Waals surface area (Å²) in [5, 5.41) is 8.53. The SMILES string of the molecule is C=CCOC(=O)C1=C(C)Nc2nc(SCC)nn2C1c1ccc(OCCCCCC)cc1. The van der Waals surface area contributed by atoms with Crippen molar-refractivity contribution in [2.75, 3.05) is 24.3 Å². The van der Waals surface area contributed by atoms with Crippen LogP contribution in [0.5, 0.6) is 5.75 Å². The average molecular weight is 457 g/mol. The van der Waals surface area contributed by atoms with Crippen molar-refractivity contribution in [3.8, 4) is 5.75 Å². The molecule has 0 fully saturated rings. The molecule has 8 heteroatoms. The van der Waals surface area contributed by atoms with Crippen LogP contribution < -0.4 is 10.1 Å². The molecule has 2 heterocycles. The van der Waals surface area contributed by atoms with Gasteiger partial charge < -0.3 is 14.8 Å². The van der Waals surface area contributed by atoms with E-state index in [1.807, 2.05) is 31.2 Å². The fraction of sp³-hybridized carbons (Fsp3) is 0.458. The fourth-order valence-electron chi connectivity index (χ4n) is 3.57. The maximum absolute atomic E-state index is 12.9. The minimum atomic E-state index is -0.444. The normalized spacial score (nSPS) is 15.2. The molecule has 1 atom stereocenters. The van der Waals surface area contributed by atoms with E-state index < -0.39 is 12.0 Å². The summed E-state index contributed by atoms with van der Waals surface area (Å²) in [5.41, 5.74) is 2.12. The van der Waals surface area contributed by atoms with Gasteiger partial charge in [-0.1, -0.05) is 69.7 Å². The topological polar surface area (TPSA) is 78.3 Å². The smallest absolute Gasteiger partial charge is 0.338 e. The Morgan fingerprint density at radius 1 is 1.25 bits per heavy atom. The van der Waals surface area contributed by atoms with Crippen LogP contribution in [0, 0.1) is 0 Å². The molecule has 2 aromatic rings. The Balaban J connectivity index is 1.87. The quantitative estimate of drug-likeness (QED) is 0.199. The summed E-state index contributed by atoms with van der Waals surface area (Å²) < 4.78 is 13.0. The molecule has 0 spiro atoms. The second-order valence-corrected chi connectivity index (χ2v) is 8.76. The second-order valence-electron chi connectivity index (χ2n) is 7.53. The summed E-state index contributed by atoms with van der Waals surface area (Å²) in [6.45, 7) is 10.6. The van der Waals surface area contributed by atoms with Crippen LogP contribution in [-0.2, 0) is 9.53 Å². The predicted molar refractivity (Wildman–Crippen MR) is 128 cm³/mol. The third-order valence-electron chi connectivity index (χ3n) is 5.12. The van der Waals surface area contributed by atoms with E-state index in [1.165, 1.54) is 19.3 Å². The van der Waals surface area contributed by atoms with E-state index in [0.717, 1.165) is 23.5 Å². The number of hydrogen-bond donors (Lipinski definition) is 1. The molecule has 3 rings (SSSR count). The van der Waals surface area contributed by atoms with Crippen LogP contribution in [0.4, 0.5) is 5.95 Å². The average Bonchev–Trinajstić information content (AvgIpc) is 3.19. The van der Waals surface area contributed by atoms with E-state index in [1.54, 1.807) is 22.5 Å². The predicted octanol–water partition coefficient (Wildman–Crippen LogP) is 5.37. The molecule has 0 aliphatic carbocycles. The number of carbonyl (C=O) groups is 1. The van der Waals surface area contributed by atoms with E-state index in [-0.39, 0.29) is 6.61 Å². The van der Waals surface area contributed by atoms with Crippen molar-refractivity contribution in [2.24, 2.45) is 0 Å². The van der Waals surface area contributed by atoms with Crippen molar-refractivity contribution < 1.29 is 14.3 Å². The Morgan fingerprint density at radius 2 is 2.03 bits per heavy atom. The van der Waals surface area contributed by atoms with Gasteiger partial charge in [-0.2, -0.15) is 4.98 Å². The van der Waals surface area contributed by atoms with E-state index in [4.69, 9.17) is 9.47 Å². The number of unbranched alkanes of at least 4 members (excludes halogenated alkanes) is 3. The van der Waals surface area contributed by atoms with Gasteiger partial charge in [0.15, 0.2) is 0 Å². The number of allylic oxidation sites excluding steroid dienone is 1. The van der Waals surface area contributed by atoms with Gasteiger partial charge in [-0.15, -0.1) is 5.10 Å². The number of fused-ring (bicyclic) bond motifs is 1. The lowest BCUT2D eigenvalue weighted by Crippen LogP contribution is -2.29. The van der Waals surface area contributed by atoms with Crippen molar-refractivity contribution >= 4 is 23.7 Å². The maximum Gasteiger partial charge on any atom is 0.338 e. The van der Waals surface area contributed by atoms with Crippen LogP contribution in [0.25, 0.3) is 0 Å². The molecule has 1 unspecified atom stereocenters. The highest BCUT2D eigenvalue weighted by Gasteiger charge is 2.35. The fourth-order valence-corrected chi connectivity index (χ4v) is 4.13. The van der Waals surface area contributed by atoms with Crippen molar-refractivity contribution in [1.82, 2.24) is 14.8 Å². The molecule has 0 saturated heterocycles. The standard InChI is InChI=1S/C24H32N4O3S/c1-5-8-9-10-16-30-19-13-11-18(12-14-19)21-20(22(29)31-15-6-2)17(4)25-23-26-24(32-7-3)27-28(21)23/h6,11-14,21H,2,5,7-10,15-16H2,1,3-4H3,(H,25,26,27). The number of anilines is 1. The van der Waals surface area contributed by atoms with Crippen LogP contribution in [0.2, 0.25) is 0 Å². The largest absolute Gasteiger partial charge is 0.494 e. The molecule has 32 heavy (non-hydrogen) atoms. The van der Waals surface area contributed by atoms with E-state index >= 15 is 0 Å². The van der Waals surface area contributed by atoms with Crippen LogP contribution >= 0.6 is 11.8 Å². The summed E-state index contributed by atoms with van der Waals surface area (Å²) >= 11 is 1.56. The molecule has 0 bridgehead atoms. The van der Waals surface area contributed by atoms with Crippen molar-refractivity contribution in [2.45, 2.75) is 57.7 Å². The first kappa shape index (κ1) is 23.9. The number of benzene rings is 1. The molecular weight excluding hydrogens is 424 g/mol. The highest BCUT2D eigenvalue weighted by atomic mass is 32.2. The Labute approximate surface area is 194 Å². The second kappa shape index (κ2) is 11.8. The third kappa shape index (κ3) is 5.73. The minimum absolute atomic E-state index is 0.147. The number of esters is 1. The molecule has 0 amide bonds. The number of nitrogens with one attached hydrogen (secondary N) is 1. The Kier molecular flexibility index (Phi) is 8.79. The first-order valence-corrected chi connectivity index (χ1v) is 12.2. The lowest BCUT2D eigenvalue weighted by atomic mass is 9.96. The van der Waals surface area contributed by atoms with Crippen LogP contribution in [0.3, 0.4) is 0 Å². The first-order valence-electron chi connectivity index (χ1n) is 11.2. The molecule has 172 valence electrons. The molecule has 0 radical (unpaired) electrons. The first-order chi connectivity index (χ1) is 15.6. The number of thioether (sulfide) groups is 1. The molecule has 1 N–H and O–H groups in total. The molecule has 1 aromatic heterocycles. The monoisotopic (exact) mass is 456 g/mol. The summed E-state index contributed by atoms with van der Waals surface area (Å²) in [7, 11) is 0. The summed E-state index contributed by atoms with van der Waals surface area (Å²) in [6, 6.07) is 7.39. The van der Waals surface area contributed by atoms with Gasteiger partial charge in [-0.05, 0) is 36.8 Å². The number of carbonyl (C=O) groups excluding carboxylic acids is 1. The van der Waals surface area contributed by atoms with E-state index in [9.17, 15) is 4.79 Å². The highest BCUT2D eigenvalue weighted by Crippen LogP contribution is 2.37. The van der Waals surface area contributed by atoms with Crippen LogP contribution in [0.15, 0.2) is 53.3 Å². The number of aromatic nitrogens is 3. The zero-order valence-corrected chi connectivity index (χ0v) is 19.9. The lowest BCUT2D eigenvalue weighted by molar-refractivity contribution is -0.138. The maximum atomic E-state index is 12.9. The number of hydrogen-bond acceptors (Lipinski definition) is 7. The number of rotatable bonds is 12.